The first kappa shape index (κ1) is 13.7. The van der Waals surface area contributed by atoms with Crippen LogP contribution in [-0.2, 0) is 9.53 Å². The zero-order valence-electron chi connectivity index (χ0n) is 9.78. The maximum Gasteiger partial charge on any atom is 0.252 e. The van der Waals surface area contributed by atoms with E-state index < -0.39 is 0 Å². The minimum atomic E-state index is -0.260. The SMILES string of the molecule is CN(CC1CCC1)C(=O)[C@@H]1CNCCO1.Cl. The molecule has 1 saturated heterocycles. The van der Waals surface area contributed by atoms with Crippen molar-refractivity contribution in [2.75, 3.05) is 33.3 Å². The Morgan fingerprint density at radius 1 is 1.50 bits per heavy atom. The lowest BCUT2D eigenvalue weighted by Gasteiger charge is -2.33. The number of hydrogen-bond donors (Lipinski definition) is 1. The zero-order chi connectivity index (χ0) is 10.7. The monoisotopic (exact) mass is 248 g/mol. The van der Waals surface area contributed by atoms with Gasteiger partial charge < -0.3 is 15.0 Å². The third-order valence-electron chi connectivity index (χ3n) is 3.34. The van der Waals surface area contributed by atoms with Crippen LogP contribution in [0.25, 0.3) is 0 Å². The predicted molar refractivity (Wildman–Crippen MR) is 64.8 cm³/mol. The Morgan fingerprint density at radius 2 is 2.25 bits per heavy atom. The first-order chi connectivity index (χ1) is 7.27. The number of likely N-dealkylation sites (N-methyl/N-ethyl adjacent to an activating group) is 1. The van der Waals surface area contributed by atoms with E-state index in [1.165, 1.54) is 19.3 Å². The number of carbonyl (C=O) groups is 1. The van der Waals surface area contributed by atoms with Crippen molar-refractivity contribution in [3.63, 3.8) is 0 Å². The maximum atomic E-state index is 11.9. The number of morpholine rings is 1. The summed E-state index contributed by atoms with van der Waals surface area (Å²) < 4.78 is 5.44. The molecule has 1 atom stereocenters. The van der Waals surface area contributed by atoms with Gasteiger partial charge in [0.15, 0.2) is 0 Å². The molecule has 1 amide bonds. The summed E-state index contributed by atoms with van der Waals surface area (Å²) in [4.78, 5) is 13.8. The second-order valence-corrected chi connectivity index (χ2v) is 4.58. The molecular weight excluding hydrogens is 228 g/mol. The minimum absolute atomic E-state index is 0. The van der Waals surface area contributed by atoms with Gasteiger partial charge in [-0.05, 0) is 18.8 Å². The smallest absolute Gasteiger partial charge is 0.252 e. The van der Waals surface area contributed by atoms with Crippen molar-refractivity contribution in [1.82, 2.24) is 10.2 Å². The lowest BCUT2D eigenvalue weighted by Crippen LogP contribution is -2.49. The molecule has 1 saturated carbocycles. The van der Waals surface area contributed by atoms with E-state index in [1.807, 2.05) is 11.9 Å². The van der Waals surface area contributed by atoms with Crippen LogP contribution in [0.5, 0.6) is 0 Å². The summed E-state index contributed by atoms with van der Waals surface area (Å²) in [6.45, 7) is 3.07. The topological polar surface area (TPSA) is 41.6 Å². The average Bonchev–Trinajstić information content (AvgIpc) is 2.23. The number of hydrogen-bond acceptors (Lipinski definition) is 3. The molecule has 0 bridgehead atoms. The summed E-state index contributed by atoms with van der Waals surface area (Å²) in [7, 11) is 1.89. The van der Waals surface area contributed by atoms with Gasteiger partial charge in [0.1, 0.15) is 6.10 Å². The highest BCUT2D eigenvalue weighted by Gasteiger charge is 2.27. The number of rotatable bonds is 3. The summed E-state index contributed by atoms with van der Waals surface area (Å²) >= 11 is 0. The molecule has 0 radical (unpaired) electrons. The quantitative estimate of drug-likeness (QED) is 0.798. The predicted octanol–water partition coefficient (Wildman–Crippen LogP) is 0.655. The molecule has 0 spiro atoms. The number of nitrogens with one attached hydrogen (secondary N) is 1. The van der Waals surface area contributed by atoms with Crippen molar-refractivity contribution in [3.8, 4) is 0 Å². The fourth-order valence-corrected chi connectivity index (χ4v) is 2.12. The molecule has 4 nitrogen and oxygen atoms in total. The minimum Gasteiger partial charge on any atom is -0.366 e. The molecule has 0 aromatic heterocycles. The van der Waals surface area contributed by atoms with Gasteiger partial charge in [-0.2, -0.15) is 0 Å². The maximum absolute atomic E-state index is 11.9. The van der Waals surface area contributed by atoms with Gasteiger partial charge in [0.2, 0.25) is 0 Å². The van der Waals surface area contributed by atoms with Crippen LogP contribution in [0, 0.1) is 5.92 Å². The number of nitrogens with zero attached hydrogens (tertiary/aromatic N) is 1. The van der Waals surface area contributed by atoms with Gasteiger partial charge in [-0.3, -0.25) is 4.79 Å². The van der Waals surface area contributed by atoms with Gasteiger partial charge >= 0.3 is 0 Å². The Balaban J connectivity index is 0.00000128. The van der Waals surface area contributed by atoms with Gasteiger partial charge in [-0.25, -0.2) is 0 Å². The summed E-state index contributed by atoms with van der Waals surface area (Å²) in [5.41, 5.74) is 0. The van der Waals surface area contributed by atoms with Crippen molar-refractivity contribution in [3.05, 3.63) is 0 Å². The van der Waals surface area contributed by atoms with Crippen LogP contribution >= 0.6 is 12.4 Å². The molecule has 2 aliphatic rings. The first-order valence-corrected chi connectivity index (χ1v) is 5.84. The average molecular weight is 249 g/mol. The van der Waals surface area contributed by atoms with Crippen LogP contribution in [0.3, 0.4) is 0 Å². The van der Waals surface area contributed by atoms with E-state index in [0.29, 0.717) is 13.2 Å². The second kappa shape index (κ2) is 6.42. The van der Waals surface area contributed by atoms with E-state index in [0.717, 1.165) is 19.0 Å². The van der Waals surface area contributed by atoms with Crippen LogP contribution in [0.4, 0.5) is 0 Å². The fraction of sp³-hybridized carbons (Fsp3) is 0.909. The van der Waals surface area contributed by atoms with Gasteiger partial charge in [-0.15, -0.1) is 12.4 Å². The van der Waals surface area contributed by atoms with Crippen molar-refractivity contribution in [1.29, 1.82) is 0 Å². The second-order valence-electron chi connectivity index (χ2n) is 4.58. The Morgan fingerprint density at radius 3 is 2.75 bits per heavy atom. The molecule has 1 N–H and O–H groups in total. The highest BCUT2D eigenvalue weighted by Crippen LogP contribution is 2.26. The first-order valence-electron chi connectivity index (χ1n) is 5.84. The Labute approximate surface area is 103 Å². The molecular formula is C11H21ClN2O2. The van der Waals surface area contributed by atoms with Crippen LogP contribution in [-0.4, -0.2) is 50.2 Å². The lowest BCUT2D eigenvalue weighted by molar-refractivity contribution is -0.144. The van der Waals surface area contributed by atoms with Crippen molar-refractivity contribution >= 4 is 18.3 Å². The third kappa shape index (κ3) is 3.34. The largest absolute Gasteiger partial charge is 0.366 e. The Bertz CT molecular complexity index is 228. The molecule has 0 unspecified atom stereocenters. The number of halogens is 1. The molecule has 1 heterocycles. The third-order valence-corrected chi connectivity index (χ3v) is 3.34. The molecule has 94 valence electrons. The van der Waals surface area contributed by atoms with Gasteiger partial charge in [0.05, 0.1) is 6.61 Å². The normalized spacial score (nSPS) is 25.4. The Hall–Kier alpha value is -0.320. The summed E-state index contributed by atoms with van der Waals surface area (Å²) in [5.74, 6) is 0.865. The van der Waals surface area contributed by atoms with Gasteiger partial charge in [0, 0.05) is 26.7 Å². The number of carbonyl (C=O) groups excluding carboxylic acids is 1. The lowest BCUT2D eigenvalue weighted by atomic mass is 9.85. The van der Waals surface area contributed by atoms with Crippen LogP contribution in [0.1, 0.15) is 19.3 Å². The van der Waals surface area contributed by atoms with E-state index in [9.17, 15) is 4.79 Å². The fourth-order valence-electron chi connectivity index (χ4n) is 2.12. The Kier molecular flexibility index (Phi) is 5.52. The number of ether oxygens (including phenoxy) is 1. The van der Waals surface area contributed by atoms with E-state index >= 15 is 0 Å². The summed E-state index contributed by atoms with van der Waals surface area (Å²) in [5, 5.41) is 3.18. The van der Waals surface area contributed by atoms with Crippen LogP contribution in [0.15, 0.2) is 0 Å². The molecule has 1 aliphatic carbocycles. The molecule has 2 fully saturated rings. The van der Waals surface area contributed by atoms with Crippen LogP contribution in [0.2, 0.25) is 0 Å². The molecule has 1 aliphatic heterocycles. The zero-order valence-corrected chi connectivity index (χ0v) is 10.6. The standard InChI is InChI=1S/C11H20N2O2.ClH/c1-13(8-9-3-2-4-9)11(14)10-7-12-5-6-15-10;/h9-10,12H,2-8H2,1H3;1H/t10-;/m0./s1. The molecule has 0 aromatic carbocycles. The van der Waals surface area contributed by atoms with Gasteiger partial charge in [-0.1, -0.05) is 6.42 Å². The van der Waals surface area contributed by atoms with Crippen molar-refractivity contribution in [2.24, 2.45) is 5.92 Å². The van der Waals surface area contributed by atoms with E-state index in [1.54, 1.807) is 0 Å². The van der Waals surface area contributed by atoms with Crippen LogP contribution < -0.4 is 5.32 Å². The molecule has 5 heteroatoms. The van der Waals surface area contributed by atoms with Crippen molar-refractivity contribution in [2.45, 2.75) is 25.4 Å². The van der Waals surface area contributed by atoms with E-state index in [-0.39, 0.29) is 24.4 Å². The van der Waals surface area contributed by atoms with E-state index in [4.69, 9.17) is 4.74 Å². The summed E-state index contributed by atoms with van der Waals surface area (Å²) in [6.07, 6.45) is 3.63. The van der Waals surface area contributed by atoms with E-state index in [2.05, 4.69) is 5.32 Å². The van der Waals surface area contributed by atoms with Gasteiger partial charge in [0.25, 0.3) is 5.91 Å². The molecule has 16 heavy (non-hydrogen) atoms. The number of amides is 1. The highest BCUT2D eigenvalue weighted by molar-refractivity contribution is 5.85. The summed E-state index contributed by atoms with van der Waals surface area (Å²) in [6, 6.07) is 0. The molecule has 2 rings (SSSR count). The highest BCUT2D eigenvalue weighted by atomic mass is 35.5. The molecule has 0 aromatic rings. The van der Waals surface area contributed by atoms with Crippen molar-refractivity contribution < 1.29 is 9.53 Å².